The van der Waals surface area contributed by atoms with Gasteiger partial charge in [0, 0.05) is 18.3 Å². The highest BCUT2D eigenvalue weighted by Crippen LogP contribution is 2.25. The van der Waals surface area contributed by atoms with Crippen LogP contribution in [0.4, 0.5) is 0 Å². The Morgan fingerprint density at radius 1 is 1.19 bits per heavy atom. The molecule has 0 spiro atoms. The number of amides is 1. The molecule has 3 aromatic rings. The first kappa shape index (κ1) is 18.9. The van der Waals surface area contributed by atoms with E-state index in [-0.39, 0.29) is 5.69 Å². The van der Waals surface area contributed by atoms with Crippen molar-refractivity contribution in [1.29, 1.82) is 0 Å². The lowest BCUT2D eigenvalue weighted by atomic mass is 10.1. The van der Waals surface area contributed by atoms with E-state index >= 15 is 0 Å². The Kier molecular flexibility index (Phi) is 5.44. The maximum Gasteiger partial charge on any atom is 0.331 e. The molecular weight excluding hydrogens is 340 g/mol. The summed E-state index contributed by atoms with van der Waals surface area (Å²) in [5.41, 5.74) is 9.78. The third-order valence-corrected chi connectivity index (χ3v) is 4.98. The molecule has 1 aromatic carbocycles. The van der Waals surface area contributed by atoms with Crippen LogP contribution in [0.25, 0.3) is 22.3 Å². The molecule has 0 radical (unpaired) electrons. The molecule has 27 heavy (non-hydrogen) atoms. The van der Waals surface area contributed by atoms with Gasteiger partial charge in [-0.05, 0) is 31.9 Å². The highest BCUT2D eigenvalue weighted by molar-refractivity contribution is 5.83. The van der Waals surface area contributed by atoms with Crippen molar-refractivity contribution in [2.45, 2.75) is 52.6 Å². The van der Waals surface area contributed by atoms with Gasteiger partial charge < -0.3 is 5.73 Å². The number of unbranched alkanes of at least 4 members (excludes halogenated alkanes) is 1. The number of benzene rings is 1. The minimum atomic E-state index is -0.675. The van der Waals surface area contributed by atoms with Crippen LogP contribution >= 0.6 is 0 Å². The Morgan fingerprint density at radius 3 is 2.48 bits per heavy atom. The molecule has 0 fully saturated rings. The second-order valence-electron chi connectivity index (χ2n) is 6.89. The van der Waals surface area contributed by atoms with E-state index in [0.717, 1.165) is 29.5 Å². The summed E-state index contributed by atoms with van der Waals surface area (Å²) in [4.78, 5) is 29.6. The van der Waals surface area contributed by atoms with E-state index in [1.165, 1.54) is 10.1 Å². The zero-order valence-corrected chi connectivity index (χ0v) is 16.1. The van der Waals surface area contributed by atoms with Crippen LogP contribution in [0.15, 0.2) is 41.3 Å². The number of carbonyl (C=O) groups is 1. The number of carbonyl (C=O) groups excluding carboxylic acids is 1. The van der Waals surface area contributed by atoms with Crippen LogP contribution in [0.1, 0.15) is 44.7 Å². The lowest BCUT2D eigenvalue weighted by Gasteiger charge is -2.14. The first-order valence-electron chi connectivity index (χ1n) is 9.45. The Balaban J connectivity index is 2.19. The van der Waals surface area contributed by atoms with Crippen molar-refractivity contribution >= 4 is 17.1 Å². The summed E-state index contributed by atoms with van der Waals surface area (Å²) in [6, 6.07) is 9.46. The molecule has 3 rings (SSSR count). The Labute approximate surface area is 158 Å². The molecule has 0 aliphatic heterocycles. The van der Waals surface area contributed by atoms with Gasteiger partial charge in [-0.3, -0.25) is 13.9 Å². The van der Waals surface area contributed by atoms with E-state index in [0.29, 0.717) is 18.6 Å². The van der Waals surface area contributed by atoms with Crippen LogP contribution in [0.2, 0.25) is 0 Å². The molecule has 2 heterocycles. The minimum absolute atomic E-state index is 0.235. The summed E-state index contributed by atoms with van der Waals surface area (Å²) < 4.78 is 3.12. The molecule has 142 valence electrons. The van der Waals surface area contributed by atoms with E-state index < -0.39 is 11.9 Å². The van der Waals surface area contributed by atoms with Gasteiger partial charge >= 0.3 is 5.69 Å². The second-order valence-corrected chi connectivity index (χ2v) is 6.89. The van der Waals surface area contributed by atoms with Gasteiger partial charge in [0.1, 0.15) is 6.04 Å². The fourth-order valence-electron chi connectivity index (χ4n) is 3.44. The van der Waals surface area contributed by atoms with Crippen molar-refractivity contribution in [3.63, 3.8) is 0 Å². The number of aryl methyl sites for hydroxylation is 2. The van der Waals surface area contributed by atoms with Gasteiger partial charge in [-0.1, -0.05) is 49.6 Å². The normalized spacial score (nSPS) is 12.4. The summed E-state index contributed by atoms with van der Waals surface area (Å²) in [7, 11) is 0. The topological polar surface area (TPSA) is 82.9 Å². The quantitative estimate of drug-likeness (QED) is 0.695. The molecule has 0 saturated carbocycles. The molecule has 0 bridgehead atoms. The fourth-order valence-corrected chi connectivity index (χ4v) is 3.44. The number of pyridine rings is 1. The summed E-state index contributed by atoms with van der Waals surface area (Å²) in [6.07, 6.45) is 4.03. The van der Waals surface area contributed by atoms with E-state index in [1.54, 1.807) is 10.8 Å². The number of primary amides is 1. The monoisotopic (exact) mass is 366 g/mol. The Hall–Kier alpha value is -2.89. The number of rotatable bonds is 7. The van der Waals surface area contributed by atoms with Gasteiger partial charge in [-0.25, -0.2) is 9.78 Å². The zero-order valence-electron chi connectivity index (χ0n) is 16.1. The standard InChI is InChI=1S/C21H26N4O2/c1-4-6-7-17(19(22)26)25-20-18(24(5-2)21(25)27)12-16(13-23-20)15-10-8-14(3)9-11-15/h8-13,17H,4-7H2,1-3H3,(H2,22,26). The van der Waals surface area contributed by atoms with Crippen molar-refractivity contribution in [3.8, 4) is 11.1 Å². The number of fused-ring (bicyclic) bond motifs is 1. The highest BCUT2D eigenvalue weighted by Gasteiger charge is 2.25. The molecular formula is C21H26N4O2. The van der Waals surface area contributed by atoms with Crippen LogP contribution in [0, 0.1) is 6.92 Å². The van der Waals surface area contributed by atoms with E-state index in [4.69, 9.17) is 5.73 Å². The molecule has 2 aromatic heterocycles. The van der Waals surface area contributed by atoms with Crippen LogP contribution in [0.3, 0.4) is 0 Å². The smallest absolute Gasteiger partial charge is 0.331 e. The molecule has 0 saturated heterocycles. The van der Waals surface area contributed by atoms with Crippen molar-refractivity contribution in [1.82, 2.24) is 14.1 Å². The lowest BCUT2D eigenvalue weighted by Crippen LogP contribution is -2.34. The number of hydrogen-bond donors (Lipinski definition) is 1. The van der Waals surface area contributed by atoms with E-state index in [9.17, 15) is 9.59 Å². The summed E-state index contributed by atoms with van der Waals surface area (Å²) in [6.45, 7) is 6.50. The van der Waals surface area contributed by atoms with Crippen LogP contribution in [0.5, 0.6) is 0 Å². The van der Waals surface area contributed by atoms with Crippen LogP contribution in [-0.4, -0.2) is 20.0 Å². The average Bonchev–Trinajstić information content (AvgIpc) is 2.93. The van der Waals surface area contributed by atoms with Gasteiger partial charge in [0.15, 0.2) is 5.65 Å². The van der Waals surface area contributed by atoms with Crippen molar-refractivity contribution < 1.29 is 4.79 Å². The summed E-state index contributed by atoms with van der Waals surface area (Å²) >= 11 is 0. The van der Waals surface area contributed by atoms with Crippen molar-refractivity contribution in [3.05, 3.63) is 52.6 Å². The van der Waals surface area contributed by atoms with Gasteiger partial charge in [0.25, 0.3) is 0 Å². The number of nitrogens with zero attached hydrogens (tertiary/aromatic N) is 3. The molecule has 1 unspecified atom stereocenters. The largest absolute Gasteiger partial charge is 0.368 e. The third kappa shape index (κ3) is 3.52. The molecule has 6 nitrogen and oxygen atoms in total. The fraction of sp³-hybridized carbons (Fsp3) is 0.381. The van der Waals surface area contributed by atoms with Crippen molar-refractivity contribution in [2.75, 3.05) is 0 Å². The third-order valence-electron chi connectivity index (χ3n) is 4.98. The second kappa shape index (κ2) is 7.78. The zero-order chi connectivity index (χ0) is 19.6. The highest BCUT2D eigenvalue weighted by atomic mass is 16.2. The number of hydrogen-bond acceptors (Lipinski definition) is 3. The molecule has 2 N–H and O–H groups in total. The average molecular weight is 366 g/mol. The summed E-state index contributed by atoms with van der Waals surface area (Å²) in [5, 5.41) is 0. The minimum Gasteiger partial charge on any atom is -0.368 e. The van der Waals surface area contributed by atoms with Gasteiger partial charge in [-0.2, -0.15) is 0 Å². The van der Waals surface area contributed by atoms with Crippen LogP contribution < -0.4 is 11.4 Å². The van der Waals surface area contributed by atoms with Crippen molar-refractivity contribution in [2.24, 2.45) is 5.73 Å². The molecule has 0 aliphatic carbocycles. The Bertz CT molecular complexity index is 1020. The molecule has 6 heteroatoms. The van der Waals surface area contributed by atoms with Gasteiger partial charge in [0.05, 0.1) is 5.52 Å². The summed E-state index contributed by atoms with van der Waals surface area (Å²) in [5.74, 6) is -0.495. The molecule has 1 amide bonds. The number of nitrogens with two attached hydrogens (primary N) is 1. The number of aromatic nitrogens is 3. The molecule has 0 aliphatic rings. The van der Waals surface area contributed by atoms with E-state index in [2.05, 4.69) is 4.98 Å². The SMILES string of the molecule is CCCCC(C(N)=O)n1c(=O)n(CC)c2cc(-c3ccc(C)cc3)cnc21. The maximum absolute atomic E-state index is 13.0. The Morgan fingerprint density at radius 2 is 1.89 bits per heavy atom. The maximum atomic E-state index is 13.0. The molecule has 1 atom stereocenters. The predicted molar refractivity (Wildman–Crippen MR) is 108 cm³/mol. The van der Waals surface area contributed by atoms with Gasteiger partial charge in [-0.15, -0.1) is 0 Å². The van der Waals surface area contributed by atoms with E-state index in [1.807, 2.05) is 51.1 Å². The first-order chi connectivity index (χ1) is 13.0. The number of imidazole rings is 1. The predicted octanol–water partition coefficient (Wildman–Crippen LogP) is 3.41. The first-order valence-corrected chi connectivity index (χ1v) is 9.45. The van der Waals surface area contributed by atoms with Crippen LogP contribution in [-0.2, 0) is 11.3 Å². The van der Waals surface area contributed by atoms with Gasteiger partial charge in [0.2, 0.25) is 5.91 Å². The lowest BCUT2D eigenvalue weighted by molar-refractivity contribution is -0.121.